The maximum atomic E-state index is 13.2. The van der Waals surface area contributed by atoms with Gasteiger partial charge >= 0.3 is 19.5 Å². The minimum Gasteiger partial charge on any atom is -0.438 e. The molecule has 0 fully saturated rings. The number of nitrogens with zero attached hydrogens (tertiary/aromatic N) is 1. The SMILES string of the molecule is CC(=O)N(C/C=C/P(=O)(OCOC(=O)C(C)(C)C)OCOC(=O)C(C)(C)C)OCc1ccc(C(C)C)cc1. The van der Waals surface area contributed by atoms with Crippen molar-refractivity contribution in [1.82, 2.24) is 5.06 Å². The number of carbonyl (C=O) groups is 3. The van der Waals surface area contributed by atoms with Gasteiger partial charge < -0.3 is 9.47 Å². The van der Waals surface area contributed by atoms with Gasteiger partial charge in [-0.2, -0.15) is 0 Å². The van der Waals surface area contributed by atoms with Gasteiger partial charge in [0.1, 0.15) is 6.61 Å². The summed E-state index contributed by atoms with van der Waals surface area (Å²) in [5.74, 6) is -0.00431. The quantitative estimate of drug-likeness (QED) is 0.126. The summed E-state index contributed by atoms with van der Waals surface area (Å²) in [5.41, 5.74) is 0.488. The first-order valence-electron chi connectivity index (χ1n) is 12.4. The van der Waals surface area contributed by atoms with Gasteiger partial charge in [0.25, 0.3) is 0 Å². The van der Waals surface area contributed by atoms with Crippen molar-refractivity contribution in [3.63, 3.8) is 0 Å². The molecule has 11 heteroatoms. The highest BCUT2D eigenvalue weighted by atomic mass is 31.2. The van der Waals surface area contributed by atoms with E-state index < -0.39 is 44.0 Å². The molecule has 0 atom stereocenters. The Morgan fingerprint density at radius 2 is 1.37 bits per heavy atom. The molecular formula is C27H42NO9P. The average molecular weight is 556 g/mol. The van der Waals surface area contributed by atoms with Crippen LogP contribution < -0.4 is 0 Å². The van der Waals surface area contributed by atoms with Crippen LogP contribution in [0.15, 0.2) is 36.2 Å². The van der Waals surface area contributed by atoms with E-state index in [0.29, 0.717) is 5.92 Å². The highest BCUT2D eigenvalue weighted by Gasteiger charge is 2.28. The van der Waals surface area contributed by atoms with Crippen molar-refractivity contribution < 1.29 is 42.3 Å². The van der Waals surface area contributed by atoms with Crippen LogP contribution in [0.4, 0.5) is 0 Å². The standard InChI is InChI=1S/C27H42NO9P/c1-20(2)23-13-11-22(12-14-23)17-35-28(21(3)29)15-10-16-38(32,36-18-33-24(30)26(4,5)6)37-19-34-25(31)27(7,8)9/h10-14,16,20H,15,17-19H2,1-9H3/b16-10+. The molecule has 1 aromatic carbocycles. The molecule has 0 aliphatic carbocycles. The van der Waals surface area contributed by atoms with Gasteiger partial charge in [0.05, 0.1) is 17.4 Å². The molecule has 0 aliphatic rings. The van der Waals surface area contributed by atoms with E-state index in [4.69, 9.17) is 23.4 Å². The first kappa shape index (κ1) is 33.5. The van der Waals surface area contributed by atoms with Crippen molar-refractivity contribution in [3.05, 3.63) is 47.3 Å². The zero-order valence-electron chi connectivity index (χ0n) is 23.9. The second-order valence-corrected chi connectivity index (χ2v) is 12.9. The minimum atomic E-state index is -4.04. The zero-order valence-corrected chi connectivity index (χ0v) is 24.8. The molecule has 1 aromatic rings. The Hall–Kier alpha value is -2.52. The number of rotatable bonds is 13. The van der Waals surface area contributed by atoms with Gasteiger partial charge in [-0.25, -0.2) is 5.06 Å². The van der Waals surface area contributed by atoms with Crippen LogP contribution in [0.2, 0.25) is 0 Å². The van der Waals surface area contributed by atoms with E-state index in [9.17, 15) is 18.9 Å². The van der Waals surface area contributed by atoms with E-state index in [1.807, 2.05) is 24.3 Å². The van der Waals surface area contributed by atoms with Crippen LogP contribution in [0.3, 0.4) is 0 Å². The smallest absolute Gasteiger partial charge is 0.359 e. The van der Waals surface area contributed by atoms with Crippen molar-refractivity contribution in [3.8, 4) is 0 Å². The van der Waals surface area contributed by atoms with Crippen LogP contribution in [-0.2, 0) is 48.9 Å². The molecule has 0 saturated carbocycles. The number of ether oxygens (including phenoxy) is 2. The van der Waals surface area contributed by atoms with Gasteiger partial charge in [-0.05, 0) is 58.6 Å². The largest absolute Gasteiger partial charge is 0.438 e. The molecule has 0 bridgehead atoms. The van der Waals surface area contributed by atoms with Crippen molar-refractivity contribution in [1.29, 1.82) is 0 Å². The fourth-order valence-corrected chi connectivity index (χ4v) is 3.56. The van der Waals surface area contributed by atoms with Gasteiger partial charge in [0, 0.05) is 12.7 Å². The zero-order chi connectivity index (χ0) is 29.1. The highest BCUT2D eigenvalue weighted by Crippen LogP contribution is 2.50. The van der Waals surface area contributed by atoms with Gasteiger partial charge in [0.15, 0.2) is 0 Å². The Labute approximate surface area is 226 Å². The first-order chi connectivity index (χ1) is 17.4. The molecule has 214 valence electrons. The lowest BCUT2D eigenvalue weighted by Gasteiger charge is -2.21. The van der Waals surface area contributed by atoms with Crippen LogP contribution in [-0.4, -0.2) is 43.0 Å². The molecule has 1 rings (SSSR count). The van der Waals surface area contributed by atoms with Gasteiger partial charge in [-0.15, -0.1) is 0 Å². The molecule has 0 saturated heterocycles. The lowest BCUT2D eigenvalue weighted by atomic mass is 9.98. The number of hydrogen-bond acceptors (Lipinski definition) is 9. The molecule has 0 unspecified atom stereocenters. The van der Waals surface area contributed by atoms with E-state index in [2.05, 4.69) is 13.8 Å². The molecule has 0 aliphatic heterocycles. The summed E-state index contributed by atoms with van der Waals surface area (Å²) in [4.78, 5) is 41.7. The Kier molecular flexibility index (Phi) is 12.9. The monoisotopic (exact) mass is 555 g/mol. The predicted octanol–water partition coefficient (Wildman–Crippen LogP) is 5.92. The summed E-state index contributed by atoms with van der Waals surface area (Å²) in [7, 11) is -4.04. The Bertz CT molecular complexity index is 969. The van der Waals surface area contributed by atoms with Crippen LogP contribution in [0.1, 0.15) is 79.4 Å². The number of amides is 1. The second kappa shape index (κ2) is 14.6. The maximum absolute atomic E-state index is 13.2. The predicted molar refractivity (Wildman–Crippen MR) is 142 cm³/mol. The van der Waals surface area contributed by atoms with Crippen LogP contribution in [0.25, 0.3) is 0 Å². The minimum absolute atomic E-state index is 0.0698. The topological polar surface area (TPSA) is 118 Å². The molecule has 0 aromatic heterocycles. The second-order valence-electron chi connectivity index (χ2n) is 11.0. The lowest BCUT2D eigenvalue weighted by molar-refractivity contribution is -0.185. The lowest BCUT2D eigenvalue weighted by Crippen LogP contribution is -2.29. The van der Waals surface area contributed by atoms with Gasteiger partial charge in [-0.3, -0.25) is 32.8 Å². The summed E-state index contributed by atoms with van der Waals surface area (Å²) in [6, 6.07) is 7.87. The van der Waals surface area contributed by atoms with E-state index in [-0.39, 0.29) is 19.1 Å². The third-order valence-corrected chi connectivity index (χ3v) is 6.52. The Morgan fingerprint density at radius 3 is 1.76 bits per heavy atom. The van der Waals surface area contributed by atoms with Crippen molar-refractivity contribution in [2.75, 3.05) is 20.1 Å². The fraction of sp³-hybridized carbons (Fsp3) is 0.593. The number of esters is 2. The van der Waals surface area contributed by atoms with Crippen LogP contribution >= 0.6 is 7.60 Å². The molecule has 0 heterocycles. The van der Waals surface area contributed by atoms with E-state index in [0.717, 1.165) is 16.4 Å². The van der Waals surface area contributed by atoms with E-state index >= 15 is 0 Å². The van der Waals surface area contributed by atoms with Crippen molar-refractivity contribution >= 4 is 25.4 Å². The van der Waals surface area contributed by atoms with Crippen molar-refractivity contribution in [2.45, 2.75) is 74.8 Å². The van der Waals surface area contributed by atoms with Crippen molar-refractivity contribution in [2.24, 2.45) is 10.8 Å². The van der Waals surface area contributed by atoms with Crippen LogP contribution in [0.5, 0.6) is 0 Å². The molecule has 10 nitrogen and oxygen atoms in total. The number of benzene rings is 1. The maximum Gasteiger partial charge on any atom is 0.359 e. The summed E-state index contributed by atoms with van der Waals surface area (Å²) >= 11 is 0. The molecule has 0 spiro atoms. The average Bonchev–Trinajstić information content (AvgIpc) is 2.80. The third kappa shape index (κ3) is 12.3. The molecular weight excluding hydrogens is 513 g/mol. The Morgan fingerprint density at radius 1 is 0.895 bits per heavy atom. The van der Waals surface area contributed by atoms with Gasteiger partial charge in [0.2, 0.25) is 19.5 Å². The first-order valence-corrected chi connectivity index (χ1v) is 14.0. The molecule has 1 amide bonds. The molecule has 0 radical (unpaired) electrons. The van der Waals surface area contributed by atoms with Gasteiger partial charge in [-0.1, -0.05) is 44.2 Å². The number of hydroxylamine groups is 2. The summed E-state index contributed by atoms with van der Waals surface area (Å²) < 4.78 is 33.7. The fourth-order valence-electron chi connectivity index (χ4n) is 2.56. The van der Waals surface area contributed by atoms with E-state index in [1.54, 1.807) is 41.5 Å². The number of carbonyl (C=O) groups excluding carboxylic acids is 3. The highest BCUT2D eigenvalue weighted by molar-refractivity contribution is 7.57. The summed E-state index contributed by atoms with van der Waals surface area (Å²) in [6.07, 6.45) is 1.36. The molecule has 0 N–H and O–H groups in total. The Balaban J connectivity index is 2.85. The molecule has 38 heavy (non-hydrogen) atoms. The van der Waals surface area contributed by atoms with Crippen LogP contribution in [0, 0.1) is 10.8 Å². The normalized spacial score (nSPS) is 12.6. The summed E-state index contributed by atoms with van der Waals surface area (Å²) in [6.45, 7) is 14.3. The summed E-state index contributed by atoms with van der Waals surface area (Å²) in [5, 5.41) is 1.09. The number of hydrogen-bond donors (Lipinski definition) is 0. The van der Waals surface area contributed by atoms with E-state index in [1.165, 1.54) is 18.6 Å². The third-order valence-electron chi connectivity index (χ3n) is 5.01.